The van der Waals surface area contributed by atoms with Crippen LogP contribution in [0.2, 0.25) is 5.02 Å². The third-order valence-corrected chi connectivity index (χ3v) is 5.03. The highest BCUT2D eigenvalue weighted by Crippen LogP contribution is 2.50. The second-order valence-electron chi connectivity index (χ2n) is 5.91. The highest BCUT2D eigenvalue weighted by atomic mass is 35.5. The number of ketones is 1. The summed E-state index contributed by atoms with van der Waals surface area (Å²) >= 11 is 5.93. The lowest BCUT2D eigenvalue weighted by molar-refractivity contribution is 0.0941. The van der Waals surface area contributed by atoms with Crippen molar-refractivity contribution in [3.63, 3.8) is 0 Å². The summed E-state index contributed by atoms with van der Waals surface area (Å²) < 4.78 is 5.27. The van der Waals surface area contributed by atoms with Crippen LogP contribution >= 0.6 is 11.6 Å². The summed E-state index contributed by atoms with van der Waals surface area (Å²) in [5.41, 5.74) is 0.676. The maximum absolute atomic E-state index is 12.4. The second-order valence-corrected chi connectivity index (χ2v) is 6.34. The van der Waals surface area contributed by atoms with Gasteiger partial charge in [-0.25, -0.2) is 0 Å². The number of rotatable bonds is 4. The Morgan fingerprint density at radius 1 is 1.37 bits per heavy atom. The fraction of sp³-hybridized carbons (Fsp3) is 0.562. The first-order valence-electron chi connectivity index (χ1n) is 7.04. The molecule has 2 aliphatic carbocycles. The van der Waals surface area contributed by atoms with Crippen molar-refractivity contribution < 1.29 is 9.53 Å². The zero-order valence-electron chi connectivity index (χ0n) is 11.2. The van der Waals surface area contributed by atoms with Gasteiger partial charge in [0.15, 0.2) is 5.78 Å². The van der Waals surface area contributed by atoms with E-state index in [2.05, 4.69) is 0 Å². The highest BCUT2D eigenvalue weighted by Gasteiger charge is 2.40. The second kappa shape index (κ2) is 5.16. The Labute approximate surface area is 119 Å². The van der Waals surface area contributed by atoms with Gasteiger partial charge in [0.2, 0.25) is 0 Å². The summed E-state index contributed by atoms with van der Waals surface area (Å²) in [7, 11) is 1.58. The quantitative estimate of drug-likeness (QED) is 0.765. The third-order valence-electron chi connectivity index (χ3n) is 4.80. The molecule has 2 saturated carbocycles. The highest BCUT2D eigenvalue weighted by molar-refractivity contribution is 6.30. The van der Waals surface area contributed by atoms with Crippen LogP contribution in [0.15, 0.2) is 18.2 Å². The predicted octanol–water partition coefficient (Wildman–Crippen LogP) is 4.36. The Morgan fingerprint density at radius 2 is 2.21 bits per heavy atom. The number of Topliss-reactive ketones (excluding diaryl/α,β-unsaturated/α-hetero) is 1. The standard InChI is InChI=1S/C16H19ClO2/c1-19-16-9-13(17)4-5-14(16)15(18)8-12-7-10-2-3-11(12)6-10/h4-5,9-12H,2-3,6-8H2,1H3. The van der Waals surface area contributed by atoms with E-state index in [0.717, 1.165) is 11.8 Å². The number of hydrogen-bond donors (Lipinski definition) is 0. The van der Waals surface area contributed by atoms with E-state index in [0.29, 0.717) is 28.7 Å². The molecule has 3 atom stereocenters. The average Bonchev–Trinajstić information content (AvgIpc) is 3.00. The minimum atomic E-state index is 0.200. The molecule has 2 aliphatic rings. The largest absolute Gasteiger partial charge is 0.496 e. The molecular weight excluding hydrogens is 260 g/mol. The molecule has 3 heteroatoms. The van der Waals surface area contributed by atoms with Crippen molar-refractivity contribution in [1.82, 2.24) is 0 Å². The van der Waals surface area contributed by atoms with Crippen LogP contribution in [0.4, 0.5) is 0 Å². The van der Waals surface area contributed by atoms with Gasteiger partial charge in [0.05, 0.1) is 12.7 Å². The number of hydrogen-bond acceptors (Lipinski definition) is 2. The monoisotopic (exact) mass is 278 g/mol. The summed E-state index contributed by atoms with van der Waals surface area (Å²) in [6.45, 7) is 0. The first-order valence-corrected chi connectivity index (χ1v) is 7.42. The molecule has 1 aromatic carbocycles. The van der Waals surface area contributed by atoms with Crippen LogP contribution < -0.4 is 4.74 Å². The molecule has 102 valence electrons. The zero-order valence-corrected chi connectivity index (χ0v) is 12.0. The van der Waals surface area contributed by atoms with Crippen LogP contribution in [-0.2, 0) is 0 Å². The van der Waals surface area contributed by atoms with Gasteiger partial charge in [-0.05, 0) is 55.2 Å². The molecule has 0 spiro atoms. The molecule has 0 aliphatic heterocycles. The summed E-state index contributed by atoms with van der Waals surface area (Å²) in [5, 5.41) is 0.605. The summed E-state index contributed by atoms with van der Waals surface area (Å²) in [6, 6.07) is 5.27. The van der Waals surface area contributed by atoms with Crippen molar-refractivity contribution in [2.45, 2.75) is 32.1 Å². The number of ether oxygens (including phenoxy) is 1. The molecule has 0 aromatic heterocycles. The fourth-order valence-corrected chi connectivity index (χ4v) is 4.03. The van der Waals surface area contributed by atoms with E-state index in [9.17, 15) is 4.79 Å². The Bertz CT molecular complexity index is 498. The van der Waals surface area contributed by atoms with Gasteiger partial charge in [0.25, 0.3) is 0 Å². The van der Waals surface area contributed by atoms with Gasteiger partial charge >= 0.3 is 0 Å². The normalized spacial score (nSPS) is 28.6. The summed E-state index contributed by atoms with van der Waals surface area (Å²) in [4.78, 5) is 12.4. The number of carbonyl (C=O) groups excluding carboxylic acids is 1. The van der Waals surface area contributed by atoms with Crippen molar-refractivity contribution in [3.05, 3.63) is 28.8 Å². The number of halogens is 1. The predicted molar refractivity (Wildman–Crippen MR) is 75.9 cm³/mol. The molecule has 0 amide bonds. The molecule has 2 bridgehead atoms. The lowest BCUT2D eigenvalue weighted by atomic mass is 9.84. The number of carbonyl (C=O) groups is 1. The van der Waals surface area contributed by atoms with Crippen LogP contribution in [0.5, 0.6) is 5.75 Å². The van der Waals surface area contributed by atoms with Crippen LogP contribution in [0, 0.1) is 17.8 Å². The van der Waals surface area contributed by atoms with Gasteiger partial charge in [-0.3, -0.25) is 4.79 Å². The number of benzene rings is 1. The van der Waals surface area contributed by atoms with Gasteiger partial charge in [0.1, 0.15) is 5.75 Å². The first-order chi connectivity index (χ1) is 9.17. The van der Waals surface area contributed by atoms with Gasteiger partial charge < -0.3 is 4.74 Å². The van der Waals surface area contributed by atoms with Crippen molar-refractivity contribution in [1.29, 1.82) is 0 Å². The number of fused-ring (bicyclic) bond motifs is 2. The number of methoxy groups -OCH3 is 1. The van der Waals surface area contributed by atoms with Crippen LogP contribution in [0.1, 0.15) is 42.5 Å². The van der Waals surface area contributed by atoms with E-state index >= 15 is 0 Å². The minimum Gasteiger partial charge on any atom is -0.496 e. The molecule has 2 fully saturated rings. The molecule has 3 rings (SSSR count). The van der Waals surface area contributed by atoms with E-state index in [4.69, 9.17) is 16.3 Å². The first kappa shape index (κ1) is 13.0. The van der Waals surface area contributed by atoms with Gasteiger partial charge in [-0.2, -0.15) is 0 Å². The van der Waals surface area contributed by atoms with Crippen molar-refractivity contribution in [2.24, 2.45) is 17.8 Å². The molecule has 2 nitrogen and oxygen atoms in total. The Balaban J connectivity index is 1.73. The van der Waals surface area contributed by atoms with Gasteiger partial charge in [0, 0.05) is 11.4 Å². The molecule has 0 radical (unpaired) electrons. The lowest BCUT2D eigenvalue weighted by Crippen LogP contribution is -2.15. The zero-order chi connectivity index (χ0) is 13.4. The van der Waals surface area contributed by atoms with Crippen LogP contribution in [0.3, 0.4) is 0 Å². The van der Waals surface area contributed by atoms with Crippen molar-refractivity contribution in [3.8, 4) is 5.75 Å². The summed E-state index contributed by atoms with van der Waals surface area (Å²) in [6.07, 6.45) is 5.95. The smallest absolute Gasteiger partial charge is 0.166 e. The SMILES string of the molecule is COc1cc(Cl)ccc1C(=O)CC1CC2CCC1C2. The Kier molecular flexibility index (Phi) is 3.53. The van der Waals surface area contributed by atoms with Gasteiger partial charge in [-0.1, -0.05) is 18.0 Å². The molecule has 0 saturated heterocycles. The molecule has 0 N–H and O–H groups in total. The van der Waals surface area contributed by atoms with Crippen LogP contribution in [0.25, 0.3) is 0 Å². The average molecular weight is 279 g/mol. The molecule has 19 heavy (non-hydrogen) atoms. The van der Waals surface area contributed by atoms with Crippen molar-refractivity contribution >= 4 is 17.4 Å². The van der Waals surface area contributed by atoms with Gasteiger partial charge in [-0.15, -0.1) is 0 Å². The Hall–Kier alpha value is -1.02. The topological polar surface area (TPSA) is 26.3 Å². The molecule has 1 aromatic rings. The van der Waals surface area contributed by atoms with E-state index in [-0.39, 0.29) is 5.78 Å². The third kappa shape index (κ3) is 2.51. The van der Waals surface area contributed by atoms with Crippen LogP contribution in [-0.4, -0.2) is 12.9 Å². The van der Waals surface area contributed by atoms with E-state index in [1.165, 1.54) is 25.7 Å². The maximum Gasteiger partial charge on any atom is 0.166 e. The fourth-order valence-electron chi connectivity index (χ4n) is 3.87. The molecule has 0 heterocycles. The lowest BCUT2D eigenvalue weighted by Gasteiger charge is -2.21. The summed E-state index contributed by atoms with van der Waals surface area (Å²) in [5.74, 6) is 3.06. The maximum atomic E-state index is 12.4. The Morgan fingerprint density at radius 3 is 2.84 bits per heavy atom. The minimum absolute atomic E-state index is 0.200. The van der Waals surface area contributed by atoms with Crippen molar-refractivity contribution in [2.75, 3.05) is 7.11 Å². The van der Waals surface area contributed by atoms with E-state index in [1.54, 1.807) is 25.3 Å². The molecule has 3 unspecified atom stereocenters. The molecular formula is C16H19ClO2. The van der Waals surface area contributed by atoms with E-state index in [1.807, 2.05) is 0 Å². The van der Waals surface area contributed by atoms with E-state index < -0.39 is 0 Å².